The third-order valence-electron chi connectivity index (χ3n) is 2.86. The van der Waals surface area contributed by atoms with Crippen molar-refractivity contribution < 1.29 is 24.1 Å². The maximum absolute atomic E-state index is 11.3. The highest BCUT2D eigenvalue weighted by Gasteiger charge is 2.31. The topological polar surface area (TPSA) is 91.0 Å². The number of benzene rings is 1. The number of rotatable bonds is 4. The molecule has 0 saturated carbocycles. The standard InChI is InChI=1S/C12H14BrNO5/c1-17-10-7(13)4-8-11(19-3-2-18-8)9(10)6(5-14)12(15)16/h4,6H,2-3,5,14H2,1H3,(H,15,16). The summed E-state index contributed by atoms with van der Waals surface area (Å²) in [6, 6.07) is 1.70. The second kappa shape index (κ2) is 5.66. The molecule has 3 N–H and O–H groups in total. The molecule has 1 aromatic rings. The van der Waals surface area contributed by atoms with Gasteiger partial charge in [0.25, 0.3) is 0 Å². The lowest BCUT2D eigenvalue weighted by atomic mass is 9.96. The minimum absolute atomic E-state index is 0.0576. The first-order chi connectivity index (χ1) is 9.10. The Morgan fingerprint density at radius 3 is 2.84 bits per heavy atom. The van der Waals surface area contributed by atoms with E-state index in [1.165, 1.54) is 7.11 Å². The van der Waals surface area contributed by atoms with Crippen molar-refractivity contribution in [3.8, 4) is 17.2 Å². The van der Waals surface area contributed by atoms with Crippen LogP contribution >= 0.6 is 15.9 Å². The van der Waals surface area contributed by atoms with Crippen molar-refractivity contribution in [1.82, 2.24) is 0 Å². The number of nitrogens with two attached hydrogens (primary N) is 1. The van der Waals surface area contributed by atoms with Crippen LogP contribution < -0.4 is 19.9 Å². The lowest BCUT2D eigenvalue weighted by Crippen LogP contribution is -2.25. The fourth-order valence-corrected chi connectivity index (χ4v) is 2.61. The molecule has 1 aromatic carbocycles. The number of ether oxygens (including phenoxy) is 3. The van der Waals surface area contributed by atoms with Crippen molar-refractivity contribution in [3.05, 3.63) is 16.1 Å². The molecular formula is C12H14BrNO5. The SMILES string of the molecule is COc1c(Br)cc2c(c1C(CN)C(=O)O)OCCO2. The van der Waals surface area contributed by atoms with Crippen LogP contribution in [0.1, 0.15) is 11.5 Å². The van der Waals surface area contributed by atoms with Crippen molar-refractivity contribution >= 4 is 21.9 Å². The Morgan fingerprint density at radius 2 is 2.26 bits per heavy atom. The van der Waals surface area contributed by atoms with Crippen molar-refractivity contribution in [3.63, 3.8) is 0 Å². The van der Waals surface area contributed by atoms with Crippen LogP contribution in [0.3, 0.4) is 0 Å². The van der Waals surface area contributed by atoms with Gasteiger partial charge in [-0.05, 0) is 15.9 Å². The van der Waals surface area contributed by atoms with Gasteiger partial charge in [0.15, 0.2) is 11.5 Å². The van der Waals surface area contributed by atoms with Gasteiger partial charge in [-0.1, -0.05) is 0 Å². The predicted octanol–water partition coefficient (Wildman–Crippen LogP) is 1.36. The summed E-state index contributed by atoms with van der Waals surface area (Å²) < 4.78 is 16.9. The van der Waals surface area contributed by atoms with Gasteiger partial charge in [0.2, 0.25) is 0 Å². The van der Waals surface area contributed by atoms with Gasteiger partial charge in [-0.3, -0.25) is 4.79 Å². The third kappa shape index (κ3) is 2.48. The number of halogens is 1. The molecule has 7 heteroatoms. The summed E-state index contributed by atoms with van der Waals surface area (Å²) in [7, 11) is 1.47. The molecule has 2 rings (SSSR count). The van der Waals surface area contributed by atoms with Gasteiger partial charge in [-0.15, -0.1) is 0 Å². The molecule has 19 heavy (non-hydrogen) atoms. The van der Waals surface area contributed by atoms with E-state index in [9.17, 15) is 9.90 Å². The van der Waals surface area contributed by atoms with Crippen molar-refractivity contribution in [2.24, 2.45) is 5.73 Å². The molecule has 1 unspecified atom stereocenters. The average Bonchev–Trinajstić information content (AvgIpc) is 2.39. The summed E-state index contributed by atoms with van der Waals surface area (Å²) in [5.41, 5.74) is 5.97. The van der Waals surface area contributed by atoms with Gasteiger partial charge in [0.05, 0.1) is 17.1 Å². The van der Waals surface area contributed by atoms with E-state index in [0.29, 0.717) is 40.5 Å². The Morgan fingerprint density at radius 1 is 1.58 bits per heavy atom. The zero-order valence-electron chi connectivity index (χ0n) is 10.3. The first-order valence-electron chi connectivity index (χ1n) is 5.69. The predicted molar refractivity (Wildman–Crippen MR) is 71.1 cm³/mol. The summed E-state index contributed by atoms with van der Waals surface area (Å²) in [6.07, 6.45) is 0. The number of methoxy groups -OCH3 is 1. The summed E-state index contributed by atoms with van der Waals surface area (Å²) in [4.78, 5) is 11.3. The molecule has 1 atom stereocenters. The molecule has 1 aliphatic rings. The van der Waals surface area contributed by atoms with Gasteiger partial charge in [0.1, 0.15) is 24.9 Å². The summed E-state index contributed by atoms with van der Waals surface area (Å²) >= 11 is 3.34. The smallest absolute Gasteiger partial charge is 0.312 e. The van der Waals surface area contributed by atoms with E-state index in [-0.39, 0.29) is 6.54 Å². The van der Waals surface area contributed by atoms with Crippen LogP contribution in [0.2, 0.25) is 0 Å². The van der Waals surface area contributed by atoms with Crippen molar-refractivity contribution in [2.75, 3.05) is 26.9 Å². The van der Waals surface area contributed by atoms with Crippen LogP contribution in [-0.4, -0.2) is 37.9 Å². The summed E-state index contributed by atoms with van der Waals surface area (Å²) in [5.74, 6) is -0.655. The molecule has 0 spiro atoms. The Bertz CT molecular complexity index is 505. The molecule has 0 bridgehead atoms. The van der Waals surface area contributed by atoms with Crippen LogP contribution in [0.4, 0.5) is 0 Å². The fourth-order valence-electron chi connectivity index (χ4n) is 2.03. The summed E-state index contributed by atoms with van der Waals surface area (Å²) in [6.45, 7) is 0.727. The van der Waals surface area contributed by atoms with Crippen LogP contribution in [-0.2, 0) is 4.79 Å². The fraction of sp³-hybridized carbons (Fsp3) is 0.417. The highest BCUT2D eigenvalue weighted by Crippen LogP contribution is 2.47. The molecular weight excluding hydrogens is 318 g/mol. The second-order valence-corrected chi connectivity index (χ2v) is 4.81. The number of carboxylic acid groups (broad SMARTS) is 1. The molecule has 104 valence electrons. The Kier molecular flexibility index (Phi) is 4.16. The number of hydrogen-bond acceptors (Lipinski definition) is 5. The van der Waals surface area contributed by atoms with E-state index < -0.39 is 11.9 Å². The highest BCUT2D eigenvalue weighted by atomic mass is 79.9. The Balaban J connectivity index is 2.66. The molecule has 1 heterocycles. The molecule has 0 amide bonds. The monoisotopic (exact) mass is 331 g/mol. The van der Waals surface area contributed by atoms with Crippen LogP contribution in [0.15, 0.2) is 10.5 Å². The van der Waals surface area contributed by atoms with E-state index in [4.69, 9.17) is 19.9 Å². The highest BCUT2D eigenvalue weighted by molar-refractivity contribution is 9.10. The molecule has 1 aliphatic heterocycles. The van der Waals surface area contributed by atoms with Crippen molar-refractivity contribution in [2.45, 2.75) is 5.92 Å². The van der Waals surface area contributed by atoms with Crippen molar-refractivity contribution in [1.29, 1.82) is 0 Å². The average molecular weight is 332 g/mol. The Labute approximate surface area is 118 Å². The zero-order valence-corrected chi connectivity index (χ0v) is 11.9. The van der Waals surface area contributed by atoms with Gasteiger partial charge in [-0.2, -0.15) is 0 Å². The quantitative estimate of drug-likeness (QED) is 0.865. The van der Waals surface area contributed by atoms with E-state index in [2.05, 4.69) is 15.9 Å². The van der Waals surface area contributed by atoms with Crippen LogP contribution in [0.25, 0.3) is 0 Å². The maximum Gasteiger partial charge on any atom is 0.312 e. The maximum atomic E-state index is 11.3. The number of carboxylic acids is 1. The van der Waals surface area contributed by atoms with E-state index >= 15 is 0 Å². The minimum Gasteiger partial charge on any atom is -0.495 e. The molecule has 0 aliphatic carbocycles. The van der Waals surface area contributed by atoms with E-state index in [1.54, 1.807) is 6.07 Å². The van der Waals surface area contributed by atoms with Gasteiger partial charge in [0, 0.05) is 12.6 Å². The lowest BCUT2D eigenvalue weighted by molar-refractivity contribution is -0.138. The third-order valence-corrected chi connectivity index (χ3v) is 3.45. The van der Waals surface area contributed by atoms with Crippen LogP contribution in [0, 0.1) is 0 Å². The zero-order chi connectivity index (χ0) is 14.0. The Hall–Kier alpha value is -1.47. The van der Waals surface area contributed by atoms with E-state index in [0.717, 1.165) is 0 Å². The first-order valence-corrected chi connectivity index (χ1v) is 6.48. The normalized spacial score (nSPS) is 14.9. The molecule has 0 radical (unpaired) electrons. The number of hydrogen-bond donors (Lipinski definition) is 2. The molecule has 0 fully saturated rings. The lowest BCUT2D eigenvalue weighted by Gasteiger charge is -2.25. The largest absolute Gasteiger partial charge is 0.495 e. The van der Waals surface area contributed by atoms with Gasteiger partial charge >= 0.3 is 5.97 Å². The summed E-state index contributed by atoms with van der Waals surface area (Å²) in [5, 5.41) is 9.29. The van der Waals surface area contributed by atoms with E-state index in [1.807, 2.05) is 0 Å². The first kappa shape index (κ1) is 14.0. The molecule has 6 nitrogen and oxygen atoms in total. The molecule has 0 saturated heterocycles. The number of aliphatic carboxylic acids is 1. The number of fused-ring (bicyclic) bond motifs is 1. The second-order valence-electron chi connectivity index (χ2n) is 3.96. The number of carbonyl (C=O) groups is 1. The minimum atomic E-state index is -1.03. The van der Waals surface area contributed by atoms with Crippen LogP contribution in [0.5, 0.6) is 17.2 Å². The van der Waals surface area contributed by atoms with Gasteiger partial charge < -0.3 is 25.1 Å². The molecule has 0 aromatic heterocycles. The van der Waals surface area contributed by atoms with Gasteiger partial charge in [-0.25, -0.2) is 0 Å².